The Hall–Kier alpha value is -1.30. The second-order valence-corrected chi connectivity index (χ2v) is 1.18. The molecule has 0 aromatic heterocycles. The average Bonchev–Trinajstić information content (AvgIpc) is 1.69. The lowest BCUT2D eigenvalue weighted by molar-refractivity contribution is -0.113. The number of rotatable bonds is 1. The first kappa shape index (κ1) is 6.70. The molecule has 0 amide bonds. The van der Waals surface area contributed by atoms with Crippen molar-refractivity contribution >= 4 is 5.78 Å². The molecule has 0 aliphatic rings. The first-order chi connectivity index (χ1) is 3.72. The SMILES string of the molecule is [C-]#[N+]C(=CO)C(C)=O. The highest BCUT2D eigenvalue weighted by molar-refractivity contribution is 5.94. The fourth-order valence-corrected chi connectivity index (χ4v) is 0.198. The minimum atomic E-state index is -0.414. The molecule has 3 heteroatoms. The van der Waals surface area contributed by atoms with Gasteiger partial charge in [-0.05, 0) is 6.92 Å². The third-order valence-corrected chi connectivity index (χ3v) is 0.603. The molecule has 3 nitrogen and oxygen atoms in total. The van der Waals surface area contributed by atoms with Crippen LogP contribution in [0, 0.1) is 6.57 Å². The third kappa shape index (κ3) is 1.43. The Morgan fingerprint density at radius 1 is 1.88 bits per heavy atom. The van der Waals surface area contributed by atoms with Crippen molar-refractivity contribution in [3.05, 3.63) is 23.4 Å². The Balaban J connectivity index is 4.20. The number of ketones is 1. The van der Waals surface area contributed by atoms with E-state index >= 15 is 0 Å². The predicted molar refractivity (Wildman–Crippen MR) is 28.0 cm³/mol. The van der Waals surface area contributed by atoms with Gasteiger partial charge >= 0.3 is 0 Å². The van der Waals surface area contributed by atoms with E-state index in [4.69, 9.17) is 11.7 Å². The summed E-state index contributed by atoms with van der Waals surface area (Å²) in [6.07, 6.45) is 0.509. The molecule has 8 heavy (non-hydrogen) atoms. The molecular formula is C5H5NO2. The summed E-state index contributed by atoms with van der Waals surface area (Å²) < 4.78 is 0. The maximum atomic E-state index is 10.2. The highest BCUT2D eigenvalue weighted by atomic mass is 16.2. The molecule has 0 unspecified atom stereocenters. The van der Waals surface area contributed by atoms with Crippen molar-refractivity contribution in [3.8, 4) is 0 Å². The molecule has 0 atom stereocenters. The lowest BCUT2D eigenvalue weighted by Gasteiger charge is -1.81. The van der Waals surface area contributed by atoms with Crippen molar-refractivity contribution in [1.82, 2.24) is 0 Å². The summed E-state index contributed by atoms with van der Waals surface area (Å²) in [7, 11) is 0. The van der Waals surface area contributed by atoms with E-state index in [2.05, 4.69) is 4.85 Å². The smallest absolute Gasteiger partial charge is 0.262 e. The second kappa shape index (κ2) is 2.80. The van der Waals surface area contributed by atoms with Gasteiger partial charge in [-0.15, -0.1) is 0 Å². The highest BCUT2D eigenvalue weighted by Crippen LogP contribution is 1.93. The van der Waals surface area contributed by atoms with Gasteiger partial charge in [-0.3, -0.25) is 0 Å². The molecule has 1 N–H and O–H groups in total. The van der Waals surface area contributed by atoms with Gasteiger partial charge in [-0.1, -0.05) is 0 Å². The van der Waals surface area contributed by atoms with Gasteiger partial charge in [0, 0.05) is 0 Å². The molecule has 0 fully saturated rings. The molecule has 0 rings (SSSR count). The van der Waals surface area contributed by atoms with Crippen LogP contribution in [0.25, 0.3) is 4.85 Å². The maximum Gasteiger partial charge on any atom is 0.262 e. The van der Waals surface area contributed by atoms with Crippen molar-refractivity contribution in [3.63, 3.8) is 0 Å². The Morgan fingerprint density at radius 2 is 2.38 bits per heavy atom. The van der Waals surface area contributed by atoms with Gasteiger partial charge in [-0.2, -0.15) is 0 Å². The van der Waals surface area contributed by atoms with Crippen molar-refractivity contribution in [2.45, 2.75) is 6.92 Å². The van der Waals surface area contributed by atoms with Crippen LogP contribution in [0.15, 0.2) is 12.0 Å². The molecular weight excluding hydrogens is 106 g/mol. The number of nitrogens with zero attached hydrogens (tertiary/aromatic N) is 1. The number of hydrogen-bond donors (Lipinski definition) is 1. The van der Waals surface area contributed by atoms with E-state index in [9.17, 15) is 4.79 Å². The average molecular weight is 111 g/mol. The van der Waals surface area contributed by atoms with E-state index in [-0.39, 0.29) is 5.70 Å². The number of hydrogen-bond acceptors (Lipinski definition) is 2. The summed E-state index contributed by atoms with van der Waals surface area (Å²) in [5.74, 6) is -0.414. The van der Waals surface area contributed by atoms with Gasteiger partial charge in [0.05, 0.1) is 12.8 Å². The molecule has 0 aliphatic heterocycles. The van der Waals surface area contributed by atoms with Gasteiger partial charge in [0.15, 0.2) is 5.78 Å². The molecule has 42 valence electrons. The largest absolute Gasteiger partial charge is 0.526 e. The summed E-state index contributed by atoms with van der Waals surface area (Å²) in [5.41, 5.74) is -0.231. The van der Waals surface area contributed by atoms with Gasteiger partial charge in [-0.25, -0.2) is 4.85 Å². The van der Waals surface area contributed by atoms with E-state index in [0.717, 1.165) is 0 Å². The zero-order valence-corrected chi connectivity index (χ0v) is 4.38. The summed E-state index contributed by atoms with van der Waals surface area (Å²) in [6, 6.07) is 0. The standard InChI is InChI=1S/C5H5NO2/c1-4(8)5(3-7)6-2/h3,7H,1H3. The number of Topliss-reactive ketones (excluding diaryl/α,β-unsaturated/α-hetero) is 1. The molecule has 0 bridgehead atoms. The fraction of sp³-hybridized carbons (Fsp3) is 0.200. The van der Waals surface area contributed by atoms with Crippen molar-refractivity contribution in [2.24, 2.45) is 0 Å². The van der Waals surface area contributed by atoms with Crippen LogP contribution in [-0.4, -0.2) is 10.9 Å². The lowest BCUT2D eigenvalue weighted by atomic mass is 10.4. The summed E-state index contributed by atoms with van der Waals surface area (Å²) in [6.45, 7) is 7.49. The maximum absolute atomic E-state index is 10.2. The Kier molecular flexibility index (Phi) is 2.35. The van der Waals surface area contributed by atoms with Crippen molar-refractivity contribution in [1.29, 1.82) is 0 Å². The van der Waals surface area contributed by atoms with Gasteiger partial charge in [0.25, 0.3) is 5.70 Å². The Bertz CT molecular complexity index is 164. The Morgan fingerprint density at radius 3 is 2.38 bits per heavy atom. The topological polar surface area (TPSA) is 41.7 Å². The van der Waals surface area contributed by atoms with Crippen LogP contribution in [-0.2, 0) is 4.79 Å². The van der Waals surface area contributed by atoms with Crippen LogP contribution < -0.4 is 0 Å². The molecule has 0 aromatic rings. The zero-order valence-electron chi connectivity index (χ0n) is 4.38. The molecule has 0 aliphatic carbocycles. The van der Waals surface area contributed by atoms with Gasteiger partial charge in [0.1, 0.15) is 0 Å². The van der Waals surface area contributed by atoms with Gasteiger partial charge < -0.3 is 9.90 Å². The number of allylic oxidation sites excluding steroid dienone is 1. The molecule has 0 saturated carbocycles. The van der Waals surface area contributed by atoms with Crippen molar-refractivity contribution < 1.29 is 9.90 Å². The highest BCUT2D eigenvalue weighted by Gasteiger charge is 1.99. The molecule has 0 radical (unpaired) electrons. The lowest BCUT2D eigenvalue weighted by Crippen LogP contribution is -1.89. The first-order valence-corrected chi connectivity index (χ1v) is 1.95. The van der Waals surface area contributed by atoms with E-state index in [1.165, 1.54) is 6.92 Å². The van der Waals surface area contributed by atoms with Crippen LogP contribution in [0.2, 0.25) is 0 Å². The van der Waals surface area contributed by atoms with E-state index < -0.39 is 5.78 Å². The Labute approximate surface area is 47.1 Å². The van der Waals surface area contributed by atoms with E-state index in [1.54, 1.807) is 0 Å². The van der Waals surface area contributed by atoms with E-state index in [1.807, 2.05) is 0 Å². The van der Waals surface area contributed by atoms with Crippen LogP contribution >= 0.6 is 0 Å². The molecule has 0 saturated heterocycles. The number of carbonyl (C=O) groups excluding carboxylic acids is 1. The van der Waals surface area contributed by atoms with Crippen LogP contribution in [0.1, 0.15) is 6.92 Å². The van der Waals surface area contributed by atoms with Crippen LogP contribution in [0.3, 0.4) is 0 Å². The number of carbonyl (C=O) groups is 1. The fourth-order valence-electron chi connectivity index (χ4n) is 0.198. The monoisotopic (exact) mass is 111 g/mol. The molecule has 0 heterocycles. The third-order valence-electron chi connectivity index (χ3n) is 0.603. The zero-order chi connectivity index (χ0) is 6.57. The predicted octanol–water partition coefficient (Wildman–Crippen LogP) is 0.894. The molecule has 0 spiro atoms. The van der Waals surface area contributed by atoms with Crippen molar-refractivity contribution in [2.75, 3.05) is 0 Å². The number of aliphatic hydroxyl groups excluding tert-OH is 1. The summed E-state index contributed by atoms with van der Waals surface area (Å²) in [4.78, 5) is 12.9. The van der Waals surface area contributed by atoms with Gasteiger partial charge in [0.2, 0.25) is 0 Å². The first-order valence-electron chi connectivity index (χ1n) is 1.95. The van der Waals surface area contributed by atoms with E-state index in [0.29, 0.717) is 6.26 Å². The van der Waals surface area contributed by atoms with Crippen LogP contribution in [0.5, 0.6) is 0 Å². The summed E-state index contributed by atoms with van der Waals surface area (Å²) >= 11 is 0. The minimum absolute atomic E-state index is 0.231. The normalized spacial score (nSPS) is 10.2. The quantitative estimate of drug-likeness (QED) is 0.310. The minimum Gasteiger partial charge on any atom is -0.526 e. The number of aliphatic hydroxyl groups is 1. The van der Waals surface area contributed by atoms with Crippen LogP contribution in [0.4, 0.5) is 0 Å². The second-order valence-electron chi connectivity index (χ2n) is 1.18. The summed E-state index contributed by atoms with van der Waals surface area (Å²) in [5, 5.41) is 8.10. The molecule has 0 aromatic carbocycles.